The minimum Gasteiger partial charge on any atom is -0.508 e. The molecule has 0 saturated carbocycles. The van der Waals surface area contributed by atoms with Crippen molar-refractivity contribution < 1.29 is 58.2 Å². The summed E-state index contributed by atoms with van der Waals surface area (Å²) < 4.78 is 0. The number of carbonyl (C=O) groups is 10. The van der Waals surface area contributed by atoms with Gasteiger partial charge in [-0.05, 0) is 97.4 Å². The lowest BCUT2D eigenvalue weighted by atomic mass is 9.91. The van der Waals surface area contributed by atoms with E-state index in [4.69, 9.17) is 34.4 Å². The Balaban J connectivity index is 1.45. The van der Waals surface area contributed by atoms with Crippen LogP contribution in [0.3, 0.4) is 0 Å². The van der Waals surface area contributed by atoms with E-state index in [1.54, 1.807) is 48.5 Å². The highest BCUT2D eigenvalue weighted by Gasteiger charge is 2.43. The van der Waals surface area contributed by atoms with Crippen molar-refractivity contribution in [3.8, 4) is 11.5 Å². The van der Waals surface area contributed by atoms with Gasteiger partial charge < -0.3 is 86.3 Å². The normalized spacial score (nSPS) is 16.6. The molecule has 0 bridgehead atoms. The van der Waals surface area contributed by atoms with Crippen molar-refractivity contribution in [1.29, 1.82) is 0 Å². The average molecular weight is 1180 g/mol. The summed E-state index contributed by atoms with van der Waals surface area (Å²) in [4.78, 5) is 149. The number of likely N-dealkylation sites (tertiary alicyclic amines) is 1. The summed E-state index contributed by atoms with van der Waals surface area (Å²) in [5.41, 5.74) is 35.2. The fraction of sp³-hybridized carbons (Fsp3) is 0.474. The lowest BCUT2D eigenvalue weighted by molar-refractivity contribution is -0.147. The van der Waals surface area contributed by atoms with Gasteiger partial charge in [0, 0.05) is 52.4 Å². The lowest BCUT2D eigenvalue weighted by Crippen LogP contribution is -2.62. The maximum absolute atomic E-state index is 15.3. The van der Waals surface area contributed by atoms with Crippen LogP contribution in [-0.4, -0.2) is 159 Å². The van der Waals surface area contributed by atoms with Crippen molar-refractivity contribution in [1.82, 2.24) is 41.7 Å². The average Bonchev–Trinajstić information content (AvgIpc) is 2.70. The van der Waals surface area contributed by atoms with E-state index >= 15 is 9.59 Å². The SMILES string of the molecule is CC(=O)N[C@@H](Cc1ccc(O)cc1)C(=O)N[C@@H](Cc1ccccc1)C(=O)N[C@@H](CC(C)C)C(=O)N1Cc2cc(O)ccc2C[C@H]1C(=O)N[C@@H](CCCN=C(N)N)C(=O)N1CCC[C@H]1C(=O)N[C@@H](CCCN=C(N)N)C(=O)N[C@@H](CC(N)=O)C(N)=O. The van der Waals surface area contributed by atoms with Crippen LogP contribution < -0.4 is 66.3 Å². The first-order valence-electron chi connectivity index (χ1n) is 28.0. The highest BCUT2D eigenvalue weighted by molar-refractivity contribution is 5.99. The second-order valence-corrected chi connectivity index (χ2v) is 21.5. The monoisotopic (exact) mass is 1180 g/mol. The second-order valence-electron chi connectivity index (χ2n) is 21.5. The molecule has 460 valence electrons. The van der Waals surface area contributed by atoms with Gasteiger partial charge >= 0.3 is 0 Å². The minimum atomic E-state index is -1.51. The van der Waals surface area contributed by atoms with Crippen molar-refractivity contribution >= 4 is 71.0 Å². The number of guanidine groups is 2. The number of nitrogens with zero attached hydrogens (tertiary/aromatic N) is 4. The zero-order valence-electron chi connectivity index (χ0n) is 48.0. The van der Waals surface area contributed by atoms with Crippen molar-refractivity contribution in [2.24, 2.45) is 50.3 Å². The van der Waals surface area contributed by atoms with Gasteiger partial charge in [0.2, 0.25) is 59.1 Å². The molecule has 5 rings (SSSR count). The first kappa shape index (κ1) is 66.3. The molecule has 0 unspecified atom stereocenters. The van der Waals surface area contributed by atoms with Gasteiger partial charge in [-0.3, -0.25) is 57.9 Å². The summed E-state index contributed by atoms with van der Waals surface area (Å²) >= 11 is 0. The molecule has 2 aliphatic heterocycles. The maximum Gasteiger partial charge on any atom is 0.246 e. The molecule has 1 saturated heterocycles. The molecule has 1 fully saturated rings. The van der Waals surface area contributed by atoms with Gasteiger partial charge in [0.15, 0.2) is 11.9 Å². The Hall–Kier alpha value is -9.50. The number of hydrogen-bond acceptors (Lipinski definition) is 14. The molecule has 0 spiro atoms. The fourth-order valence-corrected chi connectivity index (χ4v) is 10.1. The third-order valence-corrected chi connectivity index (χ3v) is 14.3. The van der Waals surface area contributed by atoms with E-state index < -0.39 is 114 Å². The van der Waals surface area contributed by atoms with Crippen LogP contribution in [0.25, 0.3) is 0 Å². The number of nitrogens with one attached hydrogen (secondary N) is 6. The summed E-state index contributed by atoms with van der Waals surface area (Å²) in [5, 5.41) is 36.6. The molecule has 0 aliphatic carbocycles. The summed E-state index contributed by atoms with van der Waals surface area (Å²) in [6.07, 6.45) is -0.126. The van der Waals surface area contributed by atoms with Crippen LogP contribution >= 0.6 is 0 Å². The van der Waals surface area contributed by atoms with Crippen LogP contribution in [0.5, 0.6) is 11.5 Å². The van der Waals surface area contributed by atoms with Crippen molar-refractivity contribution in [2.75, 3.05) is 19.6 Å². The topological polar surface area (TPSA) is 471 Å². The zero-order chi connectivity index (χ0) is 62.5. The highest BCUT2D eigenvalue weighted by atomic mass is 16.3. The number of aliphatic imine (C=N–C) groups is 2. The second kappa shape index (κ2) is 31.8. The number of primary amides is 2. The van der Waals surface area contributed by atoms with Gasteiger partial charge in [-0.25, -0.2) is 0 Å². The number of amides is 10. The molecule has 85 heavy (non-hydrogen) atoms. The maximum atomic E-state index is 15.3. The number of phenols is 2. The van der Waals surface area contributed by atoms with E-state index in [1.807, 2.05) is 13.8 Å². The van der Waals surface area contributed by atoms with Gasteiger partial charge in [0.05, 0.1) is 6.42 Å². The number of carbonyl (C=O) groups excluding carboxylic acids is 10. The van der Waals surface area contributed by atoms with Gasteiger partial charge in [-0.1, -0.05) is 62.4 Å². The molecule has 3 aromatic rings. The molecular formula is C57H80N16O12. The molecule has 0 aromatic heterocycles. The quantitative estimate of drug-likeness (QED) is 0.0183. The lowest BCUT2D eigenvalue weighted by Gasteiger charge is -2.39. The Labute approximate surface area is 492 Å². The van der Waals surface area contributed by atoms with Gasteiger partial charge in [0.25, 0.3) is 0 Å². The zero-order valence-corrected chi connectivity index (χ0v) is 48.0. The van der Waals surface area contributed by atoms with Crippen LogP contribution in [0, 0.1) is 5.92 Å². The van der Waals surface area contributed by atoms with Crippen LogP contribution in [0.1, 0.15) is 94.4 Å². The number of rotatable bonds is 30. The van der Waals surface area contributed by atoms with Crippen molar-refractivity contribution in [3.05, 3.63) is 95.1 Å². The molecule has 28 heteroatoms. The van der Waals surface area contributed by atoms with E-state index in [0.717, 1.165) is 0 Å². The Bertz CT molecular complexity index is 2930. The summed E-state index contributed by atoms with van der Waals surface area (Å²) in [6.45, 7) is 4.78. The summed E-state index contributed by atoms with van der Waals surface area (Å²) in [6, 6.07) is 8.80. The van der Waals surface area contributed by atoms with Crippen LogP contribution in [0.15, 0.2) is 82.8 Å². The third-order valence-electron chi connectivity index (χ3n) is 14.3. The van der Waals surface area contributed by atoms with E-state index in [2.05, 4.69) is 41.9 Å². The van der Waals surface area contributed by atoms with Crippen molar-refractivity contribution in [2.45, 2.75) is 146 Å². The van der Waals surface area contributed by atoms with E-state index in [-0.39, 0.29) is 113 Å². The molecule has 3 aromatic carbocycles. The highest BCUT2D eigenvalue weighted by Crippen LogP contribution is 2.29. The van der Waals surface area contributed by atoms with Crippen LogP contribution in [0.2, 0.25) is 0 Å². The molecule has 20 N–H and O–H groups in total. The molecule has 10 amide bonds. The Morgan fingerprint density at radius 1 is 0.576 bits per heavy atom. The van der Waals surface area contributed by atoms with Crippen molar-refractivity contribution in [3.63, 3.8) is 0 Å². The summed E-state index contributed by atoms with van der Waals surface area (Å²) in [7, 11) is 0. The number of aromatic hydroxyl groups is 2. The van der Waals surface area contributed by atoms with E-state index in [0.29, 0.717) is 28.7 Å². The standard InChI is InChI=1S/C57H80N16O12/c1-31(2)24-44(71-51(81)43(25-33-10-5-4-6-11-33)70-50(80)42(66-32(3)74)26-34-15-18-37(75)19-16-34)55(85)73-30-36-27-38(76)20-17-35(36)28-46(73)53(83)68-40(13-8-22-65-57(62)63)54(84)72-23-9-14-45(72)52(82)67-39(12-7-21-64-56(60)61)49(79)69-41(48(59)78)29-47(58)77/h4-6,10-11,15-20,27,31,39-46,75-76H,7-9,12-14,21-26,28-30H2,1-3H3,(H2,58,77)(H2,59,78)(H,66,74)(H,67,82)(H,68,83)(H,69,79)(H,70,80)(H,71,81)(H4,60,61,64)(H4,62,63,65)/t39-,40-,41-,42-,43-,44-,45-,46-/m0/s1. The number of hydrogen-bond donors (Lipinski definition) is 14. The smallest absolute Gasteiger partial charge is 0.246 e. The number of fused-ring (bicyclic) bond motifs is 1. The third kappa shape index (κ3) is 20.7. The van der Waals surface area contributed by atoms with E-state index in [9.17, 15) is 48.6 Å². The van der Waals surface area contributed by atoms with Gasteiger partial charge in [-0.2, -0.15) is 0 Å². The van der Waals surface area contributed by atoms with Crippen LogP contribution in [0.4, 0.5) is 0 Å². The van der Waals surface area contributed by atoms with E-state index in [1.165, 1.54) is 41.0 Å². The van der Waals surface area contributed by atoms with Crippen LogP contribution in [-0.2, 0) is 73.8 Å². The van der Waals surface area contributed by atoms with Gasteiger partial charge in [-0.15, -0.1) is 0 Å². The number of phenolic OH excluding ortho intramolecular Hbond substituents is 2. The Kier molecular flexibility index (Phi) is 24.8. The molecule has 2 aliphatic rings. The number of nitrogens with two attached hydrogens (primary N) is 6. The number of benzene rings is 3. The Morgan fingerprint density at radius 3 is 1.67 bits per heavy atom. The molecule has 0 radical (unpaired) electrons. The summed E-state index contributed by atoms with van der Waals surface area (Å²) in [5.74, 6) is -8.63. The fourth-order valence-electron chi connectivity index (χ4n) is 10.1. The molecule has 2 heterocycles. The predicted octanol–water partition coefficient (Wildman–Crippen LogP) is -2.73. The van der Waals surface area contributed by atoms with Gasteiger partial charge in [0.1, 0.15) is 59.8 Å². The molecule has 8 atom stereocenters. The first-order chi connectivity index (χ1) is 40.3. The molecular weight excluding hydrogens is 1100 g/mol. The first-order valence-corrected chi connectivity index (χ1v) is 28.0. The minimum absolute atomic E-state index is 0.000977. The predicted molar refractivity (Wildman–Crippen MR) is 312 cm³/mol. The largest absolute Gasteiger partial charge is 0.508 e. The molecule has 28 nitrogen and oxygen atoms in total. The Morgan fingerprint density at radius 2 is 1.09 bits per heavy atom.